The molecule has 0 aliphatic heterocycles. The summed E-state index contributed by atoms with van der Waals surface area (Å²) in [6.07, 6.45) is 5.84. The van der Waals surface area contributed by atoms with Gasteiger partial charge in [0.05, 0.1) is 0 Å². The Bertz CT molecular complexity index is 473. The Labute approximate surface area is 136 Å². The molecule has 0 radical (unpaired) electrons. The van der Waals surface area contributed by atoms with Crippen LogP contribution in [0.25, 0.3) is 0 Å². The second-order valence-corrected chi connectivity index (χ2v) is 8.44. The summed E-state index contributed by atoms with van der Waals surface area (Å²) in [5.41, 5.74) is 7.95. The average Bonchev–Trinajstić information content (AvgIpc) is 2.41. The Hall–Kier alpha value is -0.410. The minimum absolute atomic E-state index is 0.174. The maximum atomic E-state index is 13.1. The van der Waals surface area contributed by atoms with Crippen molar-refractivity contribution in [2.45, 2.75) is 58.9 Å². The van der Waals surface area contributed by atoms with E-state index in [9.17, 15) is 4.39 Å². The molecule has 2 N–H and O–H groups in total. The minimum atomic E-state index is -0.204. The SMILES string of the molecule is CC(C)(C)C1CCC(C(N)Cc2ccc(F)cc2Br)CC1. The third kappa shape index (κ3) is 4.53. The molecule has 2 rings (SSSR count). The van der Waals surface area contributed by atoms with E-state index in [4.69, 9.17) is 5.73 Å². The lowest BCUT2D eigenvalue weighted by atomic mass is 9.68. The van der Waals surface area contributed by atoms with E-state index in [2.05, 4.69) is 36.7 Å². The highest BCUT2D eigenvalue weighted by Gasteiger charge is 2.31. The fourth-order valence-corrected chi connectivity index (χ4v) is 4.03. The van der Waals surface area contributed by atoms with Gasteiger partial charge in [0.1, 0.15) is 5.82 Å². The summed E-state index contributed by atoms with van der Waals surface area (Å²) < 4.78 is 14.0. The number of halogens is 2. The maximum absolute atomic E-state index is 13.1. The standard InChI is InChI=1S/C18H27BrFN/c1-18(2,3)14-7-4-12(5-8-14)17(21)10-13-6-9-15(20)11-16(13)19/h6,9,11-12,14,17H,4-5,7-8,10,21H2,1-3H3. The lowest BCUT2D eigenvalue weighted by Gasteiger charge is -2.38. The molecule has 0 heterocycles. The quantitative estimate of drug-likeness (QED) is 0.780. The Morgan fingerprint density at radius 3 is 2.38 bits per heavy atom. The van der Waals surface area contributed by atoms with Crippen LogP contribution >= 0.6 is 15.9 Å². The van der Waals surface area contributed by atoms with Crippen molar-refractivity contribution >= 4 is 15.9 Å². The highest BCUT2D eigenvalue weighted by Crippen LogP contribution is 2.40. The van der Waals surface area contributed by atoms with Gasteiger partial charge >= 0.3 is 0 Å². The van der Waals surface area contributed by atoms with E-state index in [-0.39, 0.29) is 11.9 Å². The second-order valence-electron chi connectivity index (χ2n) is 7.58. The third-order valence-electron chi connectivity index (χ3n) is 5.07. The molecule has 1 fully saturated rings. The van der Waals surface area contributed by atoms with Crippen molar-refractivity contribution in [3.05, 3.63) is 34.1 Å². The summed E-state index contributed by atoms with van der Waals surface area (Å²) in [4.78, 5) is 0. The number of rotatable bonds is 3. The molecule has 21 heavy (non-hydrogen) atoms. The summed E-state index contributed by atoms with van der Waals surface area (Å²) in [6.45, 7) is 7.02. The van der Waals surface area contributed by atoms with Crippen molar-refractivity contribution in [2.24, 2.45) is 23.0 Å². The molecule has 1 atom stereocenters. The van der Waals surface area contributed by atoms with Gasteiger partial charge in [0.2, 0.25) is 0 Å². The Morgan fingerprint density at radius 2 is 1.86 bits per heavy atom. The molecule has 1 saturated carbocycles. The fourth-order valence-electron chi connectivity index (χ4n) is 3.52. The molecule has 118 valence electrons. The molecule has 1 unspecified atom stereocenters. The normalized spacial score (nSPS) is 24.9. The van der Waals surface area contributed by atoms with E-state index >= 15 is 0 Å². The van der Waals surface area contributed by atoms with Crippen LogP contribution in [-0.2, 0) is 6.42 Å². The smallest absolute Gasteiger partial charge is 0.124 e. The molecule has 0 amide bonds. The summed E-state index contributed by atoms with van der Waals surface area (Å²) in [5, 5.41) is 0. The zero-order valence-electron chi connectivity index (χ0n) is 13.3. The molecule has 3 heteroatoms. The van der Waals surface area contributed by atoms with Gasteiger partial charge in [0, 0.05) is 10.5 Å². The van der Waals surface area contributed by atoms with Crippen LogP contribution in [0.2, 0.25) is 0 Å². The van der Waals surface area contributed by atoms with Crippen molar-refractivity contribution in [2.75, 3.05) is 0 Å². The number of hydrogen-bond donors (Lipinski definition) is 1. The minimum Gasteiger partial charge on any atom is -0.327 e. The van der Waals surface area contributed by atoms with Crippen LogP contribution in [0.4, 0.5) is 4.39 Å². The van der Waals surface area contributed by atoms with Gasteiger partial charge in [-0.3, -0.25) is 0 Å². The van der Waals surface area contributed by atoms with Crippen LogP contribution in [0.3, 0.4) is 0 Å². The van der Waals surface area contributed by atoms with E-state index in [1.807, 2.05) is 6.07 Å². The first-order valence-electron chi connectivity index (χ1n) is 7.97. The van der Waals surface area contributed by atoms with E-state index in [1.54, 1.807) is 0 Å². The molecule has 1 aliphatic rings. The van der Waals surface area contributed by atoms with Gasteiger partial charge in [-0.15, -0.1) is 0 Å². The predicted molar refractivity (Wildman–Crippen MR) is 90.7 cm³/mol. The molecular formula is C18H27BrFN. The third-order valence-corrected chi connectivity index (χ3v) is 5.81. The first-order valence-corrected chi connectivity index (χ1v) is 8.76. The first-order chi connectivity index (χ1) is 9.77. The zero-order chi connectivity index (χ0) is 15.6. The van der Waals surface area contributed by atoms with E-state index in [1.165, 1.54) is 37.8 Å². The van der Waals surface area contributed by atoms with Gasteiger partial charge in [-0.1, -0.05) is 42.8 Å². The van der Waals surface area contributed by atoms with Crippen molar-refractivity contribution in [1.82, 2.24) is 0 Å². The molecular weight excluding hydrogens is 329 g/mol. The molecule has 1 aliphatic carbocycles. The lowest BCUT2D eigenvalue weighted by molar-refractivity contribution is 0.139. The fraction of sp³-hybridized carbons (Fsp3) is 0.667. The van der Waals surface area contributed by atoms with Gasteiger partial charge in [-0.25, -0.2) is 4.39 Å². The van der Waals surface area contributed by atoms with Crippen LogP contribution in [0.1, 0.15) is 52.0 Å². The molecule has 0 saturated heterocycles. The van der Waals surface area contributed by atoms with Crippen LogP contribution in [-0.4, -0.2) is 6.04 Å². The van der Waals surface area contributed by atoms with E-state index in [0.717, 1.165) is 22.4 Å². The molecule has 1 nitrogen and oxygen atoms in total. The second kappa shape index (κ2) is 6.78. The van der Waals surface area contributed by atoms with Gasteiger partial charge in [-0.2, -0.15) is 0 Å². The van der Waals surface area contributed by atoms with Crippen LogP contribution < -0.4 is 5.73 Å². The molecule has 0 bridgehead atoms. The summed E-state index contributed by atoms with van der Waals surface area (Å²) in [7, 11) is 0. The van der Waals surface area contributed by atoms with E-state index in [0.29, 0.717) is 11.3 Å². The average molecular weight is 356 g/mol. The van der Waals surface area contributed by atoms with Gasteiger partial charge in [-0.05, 0) is 67.1 Å². The monoisotopic (exact) mass is 355 g/mol. The summed E-state index contributed by atoms with van der Waals surface area (Å²) in [5.74, 6) is 1.21. The predicted octanol–water partition coefficient (Wildman–Crippen LogP) is 5.31. The lowest BCUT2D eigenvalue weighted by Crippen LogP contribution is -2.37. The molecule has 1 aromatic carbocycles. The van der Waals surface area contributed by atoms with Crippen LogP contribution in [0.5, 0.6) is 0 Å². The summed E-state index contributed by atoms with van der Waals surface area (Å²) >= 11 is 3.44. The molecule has 1 aromatic rings. The zero-order valence-corrected chi connectivity index (χ0v) is 14.9. The van der Waals surface area contributed by atoms with E-state index < -0.39 is 0 Å². The van der Waals surface area contributed by atoms with Crippen molar-refractivity contribution < 1.29 is 4.39 Å². The van der Waals surface area contributed by atoms with Crippen molar-refractivity contribution in [3.8, 4) is 0 Å². The van der Waals surface area contributed by atoms with Crippen molar-refractivity contribution in [1.29, 1.82) is 0 Å². The molecule has 0 aromatic heterocycles. The maximum Gasteiger partial charge on any atom is 0.124 e. The van der Waals surface area contributed by atoms with Gasteiger partial charge < -0.3 is 5.73 Å². The Morgan fingerprint density at radius 1 is 1.24 bits per heavy atom. The largest absolute Gasteiger partial charge is 0.327 e. The highest BCUT2D eigenvalue weighted by atomic mass is 79.9. The van der Waals surface area contributed by atoms with Gasteiger partial charge in [0.15, 0.2) is 0 Å². The van der Waals surface area contributed by atoms with Crippen LogP contribution in [0.15, 0.2) is 22.7 Å². The van der Waals surface area contributed by atoms with Gasteiger partial charge in [0.25, 0.3) is 0 Å². The topological polar surface area (TPSA) is 26.0 Å². The Kier molecular flexibility index (Phi) is 5.48. The first kappa shape index (κ1) is 17.0. The summed E-state index contributed by atoms with van der Waals surface area (Å²) in [6, 6.07) is 5.06. The van der Waals surface area contributed by atoms with Crippen molar-refractivity contribution in [3.63, 3.8) is 0 Å². The number of benzene rings is 1. The highest BCUT2D eigenvalue weighted by molar-refractivity contribution is 9.10. The number of hydrogen-bond acceptors (Lipinski definition) is 1. The van der Waals surface area contributed by atoms with Crippen LogP contribution in [0, 0.1) is 23.1 Å². The Balaban J connectivity index is 1.92. The number of nitrogens with two attached hydrogens (primary N) is 1. The molecule has 0 spiro atoms.